The van der Waals surface area contributed by atoms with E-state index in [1.54, 1.807) is 0 Å². The van der Waals surface area contributed by atoms with Crippen LogP contribution in [0.15, 0.2) is 40.8 Å². The van der Waals surface area contributed by atoms with Gasteiger partial charge in [-0.2, -0.15) is 0 Å². The summed E-state index contributed by atoms with van der Waals surface area (Å²) in [5.74, 6) is 0.681. The highest BCUT2D eigenvalue weighted by Gasteiger charge is 2.17. The molecule has 0 atom stereocenters. The predicted octanol–water partition coefficient (Wildman–Crippen LogP) is 3.79. The predicted molar refractivity (Wildman–Crippen MR) is 79.9 cm³/mol. The second-order valence-electron chi connectivity index (χ2n) is 5.00. The van der Waals surface area contributed by atoms with Gasteiger partial charge in [-0.15, -0.1) is 0 Å². The van der Waals surface area contributed by atoms with E-state index in [2.05, 4.69) is 28.5 Å². The van der Waals surface area contributed by atoms with Gasteiger partial charge in [-0.25, -0.2) is 4.98 Å². The fourth-order valence-corrected chi connectivity index (χ4v) is 2.91. The van der Waals surface area contributed by atoms with Crippen molar-refractivity contribution in [2.75, 3.05) is 6.54 Å². The molecule has 1 N–H and O–H groups in total. The van der Waals surface area contributed by atoms with Crippen molar-refractivity contribution < 1.29 is 4.42 Å². The molecule has 0 unspecified atom stereocenters. The highest BCUT2D eigenvalue weighted by atomic mass is 35.5. The minimum Gasteiger partial charge on any atom is -0.436 e. The summed E-state index contributed by atoms with van der Waals surface area (Å²) in [4.78, 5) is 4.58. The van der Waals surface area contributed by atoms with Crippen LogP contribution in [0, 0.1) is 0 Å². The van der Waals surface area contributed by atoms with Gasteiger partial charge in [-0.05, 0) is 48.4 Å². The van der Waals surface area contributed by atoms with Gasteiger partial charge in [0, 0.05) is 17.1 Å². The first-order chi connectivity index (χ1) is 9.81. The first-order valence-corrected chi connectivity index (χ1v) is 7.07. The lowest BCUT2D eigenvalue weighted by Crippen LogP contribution is -2.24. The normalized spacial score (nSPS) is 14.4. The Morgan fingerprint density at radius 2 is 2.15 bits per heavy atom. The number of benzene rings is 2. The van der Waals surface area contributed by atoms with E-state index in [0.717, 1.165) is 36.2 Å². The van der Waals surface area contributed by atoms with Crippen LogP contribution in [0.4, 0.5) is 0 Å². The van der Waals surface area contributed by atoms with Crippen molar-refractivity contribution in [3.63, 3.8) is 0 Å². The molecule has 100 valence electrons. The van der Waals surface area contributed by atoms with Gasteiger partial charge in [0.15, 0.2) is 5.58 Å². The molecule has 0 saturated carbocycles. The quantitative estimate of drug-likeness (QED) is 0.739. The van der Waals surface area contributed by atoms with Gasteiger partial charge in [0.05, 0.1) is 0 Å². The number of nitrogens with zero attached hydrogens (tertiary/aromatic N) is 1. The van der Waals surface area contributed by atoms with E-state index in [-0.39, 0.29) is 0 Å². The maximum atomic E-state index is 6.00. The summed E-state index contributed by atoms with van der Waals surface area (Å²) in [5, 5.41) is 4.06. The number of aromatic nitrogens is 1. The maximum absolute atomic E-state index is 6.00. The minimum absolute atomic E-state index is 0.677. The van der Waals surface area contributed by atoms with Crippen molar-refractivity contribution in [2.45, 2.75) is 13.0 Å². The minimum atomic E-state index is 0.677. The van der Waals surface area contributed by atoms with E-state index in [9.17, 15) is 0 Å². The maximum Gasteiger partial charge on any atom is 0.227 e. The molecular weight excluding hydrogens is 272 g/mol. The Labute approximate surface area is 121 Å². The number of oxazole rings is 1. The van der Waals surface area contributed by atoms with Crippen LogP contribution in [-0.4, -0.2) is 11.5 Å². The molecule has 0 fully saturated rings. The van der Waals surface area contributed by atoms with Crippen molar-refractivity contribution in [1.29, 1.82) is 0 Å². The lowest BCUT2D eigenvalue weighted by molar-refractivity contribution is 0.611. The molecule has 4 heteroatoms. The van der Waals surface area contributed by atoms with Gasteiger partial charge < -0.3 is 9.73 Å². The fourth-order valence-electron chi connectivity index (χ4n) is 2.75. The number of hydrogen-bond acceptors (Lipinski definition) is 3. The molecule has 0 saturated heterocycles. The van der Waals surface area contributed by atoms with Gasteiger partial charge in [-0.3, -0.25) is 0 Å². The molecule has 3 aromatic rings. The highest BCUT2D eigenvalue weighted by molar-refractivity contribution is 6.31. The third kappa shape index (κ3) is 1.90. The standard InChI is InChI=1S/C16H13ClN2O/c17-11-4-5-15-14(8-11)19-16(20-15)13-3-1-2-10-9-18-7-6-12(10)13/h1-5,8,18H,6-7,9H2. The van der Waals surface area contributed by atoms with Crippen LogP contribution < -0.4 is 5.32 Å². The molecule has 0 aliphatic carbocycles. The number of nitrogens with one attached hydrogen (secondary N) is 1. The topological polar surface area (TPSA) is 38.1 Å². The molecule has 1 aliphatic heterocycles. The molecule has 0 amide bonds. The Hall–Kier alpha value is -1.84. The molecule has 3 nitrogen and oxygen atoms in total. The zero-order chi connectivity index (χ0) is 13.5. The van der Waals surface area contributed by atoms with Crippen LogP contribution in [0.2, 0.25) is 5.02 Å². The van der Waals surface area contributed by atoms with Crippen molar-refractivity contribution in [3.05, 3.63) is 52.5 Å². The summed E-state index contributed by atoms with van der Waals surface area (Å²) >= 11 is 6.00. The molecule has 0 radical (unpaired) electrons. The van der Waals surface area contributed by atoms with Crippen LogP contribution in [0.1, 0.15) is 11.1 Å². The van der Waals surface area contributed by atoms with Crippen LogP contribution in [0.3, 0.4) is 0 Å². The molecule has 2 aromatic carbocycles. The molecule has 20 heavy (non-hydrogen) atoms. The molecule has 0 bridgehead atoms. The summed E-state index contributed by atoms with van der Waals surface area (Å²) in [6.07, 6.45) is 1.00. The van der Waals surface area contributed by atoms with Gasteiger partial charge in [0.1, 0.15) is 5.52 Å². The number of rotatable bonds is 1. The van der Waals surface area contributed by atoms with E-state index in [4.69, 9.17) is 16.0 Å². The summed E-state index contributed by atoms with van der Waals surface area (Å²) in [7, 11) is 0. The van der Waals surface area contributed by atoms with Crippen molar-refractivity contribution in [2.24, 2.45) is 0 Å². The third-order valence-electron chi connectivity index (χ3n) is 3.72. The summed E-state index contributed by atoms with van der Waals surface area (Å²) in [6.45, 7) is 1.91. The Morgan fingerprint density at radius 1 is 1.20 bits per heavy atom. The molecule has 1 aliphatic rings. The first-order valence-electron chi connectivity index (χ1n) is 6.69. The zero-order valence-corrected chi connectivity index (χ0v) is 11.6. The highest BCUT2D eigenvalue weighted by Crippen LogP contribution is 2.31. The first kappa shape index (κ1) is 11.9. The van der Waals surface area contributed by atoms with Gasteiger partial charge in [-0.1, -0.05) is 23.7 Å². The Bertz CT molecular complexity index is 794. The SMILES string of the molecule is Clc1ccc2oc(-c3cccc4c3CCNC4)nc2c1. The summed E-state index contributed by atoms with van der Waals surface area (Å²) in [6, 6.07) is 11.8. The number of fused-ring (bicyclic) bond motifs is 2. The largest absolute Gasteiger partial charge is 0.436 e. The van der Waals surface area contributed by atoms with Crippen molar-refractivity contribution >= 4 is 22.7 Å². The lowest BCUT2D eigenvalue weighted by atomic mass is 9.95. The van der Waals surface area contributed by atoms with Crippen molar-refractivity contribution in [1.82, 2.24) is 10.3 Å². The van der Waals surface area contributed by atoms with Crippen LogP contribution in [0.25, 0.3) is 22.6 Å². The molecule has 0 spiro atoms. The van der Waals surface area contributed by atoms with Crippen LogP contribution in [0.5, 0.6) is 0 Å². The third-order valence-corrected chi connectivity index (χ3v) is 3.96. The van der Waals surface area contributed by atoms with E-state index in [1.165, 1.54) is 11.1 Å². The van der Waals surface area contributed by atoms with Crippen LogP contribution >= 0.6 is 11.6 Å². The Kier molecular flexibility index (Phi) is 2.76. The summed E-state index contributed by atoms with van der Waals surface area (Å²) in [5.41, 5.74) is 5.34. The lowest BCUT2D eigenvalue weighted by Gasteiger charge is -2.18. The average Bonchev–Trinajstić information content (AvgIpc) is 2.89. The van der Waals surface area contributed by atoms with E-state index in [0.29, 0.717) is 10.9 Å². The number of hydrogen-bond donors (Lipinski definition) is 1. The van der Waals surface area contributed by atoms with E-state index in [1.807, 2.05) is 18.2 Å². The second-order valence-corrected chi connectivity index (χ2v) is 5.44. The molecule has 4 rings (SSSR count). The summed E-state index contributed by atoms with van der Waals surface area (Å²) < 4.78 is 5.89. The average molecular weight is 285 g/mol. The van der Waals surface area contributed by atoms with Gasteiger partial charge in [0.2, 0.25) is 5.89 Å². The second kappa shape index (κ2) is 4.62. The molecule has 2 heterocycles. The Balaban J connectivity index is 1.90. The fraction of sp³-hybridized carbons (Fsp3) is 0.188. The molecule has 1 aromatic heterocycles. The van der Waals surface area contributed by atoms with E-state index < -0.39 is 0 Å². The van der Waals surface area contributed by atoms with Crippen molar-refractivity contribution in [3.8, 4) is 11.5 Å². The van der Waals surface area contributed by atoms with E-state index >= 15 is 0 Å². The van der Waals surface area contributed by atoms with Gasteiger partial charge >= 0.3 is 0 Å². The molecular formula is C16H13ClN2O. The van der Waals surface area contributed by atoms with Crippen LogP contribution in [-0.2, 0) is 13.0 Å². The Morgan fingerprint density at radius 3 is 3.10 bits per heavy atom. The smallest absolute Gasteiger partial charge is 0.227 e. The zero-order valence-electron chi connectivity index (χ0n) is 10.8. The monoisotopic (exact) mass is 284 g/mol. The van der Waals surface area contributed by atoms with Gasteiger partial charge in [0.25, 0.3) is 0 Å². The number of halogens is 1.